The Labute approximate surface area is 107 Å². The van der Waals surface area contributed by atoms with Crippen molar-refractivity contribution in [2.24, 2.45) is 11.1 Å². The molecule has 0 aliphatic carbocycles. The lowest BCUT2D eigenvalue weighted by Gasteiger charge is -2.09. The summed E-state index contributed by atoms with van der Waals surface area (Å²) in [5.74, 6) is 0.591. The number of benzene rings is 1. The third-order valence-electron chi connectivity index (χ3n) is 3.04. The van der Waals surface area contributed by atoms with Gasteiger partial charge in [0.2, 0.25) is 10.0 Å². The molecule has 3 N–H and O–H groups in total. The molecule has 1 unspecified atom stereocenters. The van der Waals surface area contributed by atoms with Crippen LogP contribution >= 0.6 is 0 Å². The van der Waals surface area contributed by atoms with E-state index in [1.54, 1.807) is 12.1 Å². The van der Waals surface area contributed by atoms with E-state index in [9.17, 15) is 8.42 Å². The summed E-state index contributed by atoms with van der Waals surface area (Å²) in [6.45, 7) is 3.34. The second-order valence-electron chi connectivity index (χ2n) is 4.55. The third kappa shape index (κ3) is 3.78. The molecule has 2 rings (SSSR count). The number of nitrogens with one attached hydrogen (secondary N) is 1. The lowest BCUT2D eigenvalue weighted by molar-refractivity contribution is 0.185. The van der Waals surface area contributed by atoms with Gasteiger partial charge in [-0.25, -0.2) is 13.6 Å². The van der Waals surface area contributed by atoms with Gasteiger partial charge in [-0.1, -0.05) is 12.1 Å². The van der Waals surface area contributed by atoms with Crippen molar-refractivity contribution in [1.82, 2.24) is 5.32 Å². The molecule has 0 aromatic heterocycles. The van der Waals surface area contributed by atoms with E-state index in [0.29, 0.717) is 5.92 Å². The van der Waals surface area contributed by atoms with Crippen LogP contribution in [-0.4, -0.2) is 28.2 Å². The number of hydrogen-bond donors (Lipinski definition) is 2. The summed E-state index contributed by atoms with van der Waals surface area (Å²) in [6, 6.07) is 6.62. The Balaban J connectivity index is 1.83. The number of primary sulfonamides is 1. The fraction of sp³-hybridized carbons (Fsp3) is 0.500. The predicted octanol–water partition coefficient (Wildman–Crippen LogP) is 0.460. The van der Waals surface area contributed by atoms with E-state index in [-0.39, 0.29) is 4.90 Å². The predicted molar refractivity (Wildman–Crippen MR) is 68.4 cm³/mol. The van der Waals surface area contributed by atoms with E-state index in [2.05, 4.69) is 5.32 Å². The first-order valence-electron chi connectivity index (χ1n) is 5.96. The van der Waals surface area contributed by atoms with Gasteiger partial charge >= 0.3 is 0 Å². The minimum absolute atomic E-state index is 0.149. The number of rotatable bonds is 5. The molecule has 0 spiro atoms. The van der Waals surface area contributed by atoms with Gasteiger partial charge in [0.05, 0.1) is 11.5 Å². The third-order valence-corrected chi connectivity index (χ3v) is 3.97. The molecular weight excluding hydrogens is 252 g/mol. The average Bonchev–Trinajstić information content (AvgIpc) is 2.82. The zero-order valence-corrected chi connectivity index (χ0v) is 10.9. The molecule has 5 nitrogen and oxygen atoms in total. The van der Waals surface area contributed by atoms with Crippen molar-refractivity contribution in [3.63, 3.8) is 0 Å². The first kappa shape index (κ1) is 13.5. The van der Waals surface area contributed by atoms with Gasteiger partial charge < -0.3 is 10.1 Å². The summed E-state index contributed by atoms with van der Waals surface area (Å²) in [7, 11) is -3.59. The fourth-order valence-corrected chi connectivity index (χ4v) is 2.48. The Morgan fingerprint density at radius 2 is 2.06 bits per heavy atom. The molecule has 6 heteroatoms. The fourth-order valence-electron chi connectivity index (χ4n) is 1.96. The maximum absolute atomic E-state index is 11.1. The van der Waals surface area contributed by atoms with Crippen LogP contribution in [0, 0.1) is 5.92 Å². The van der Waals surface area contributed by atoms with Gasteiger partial charge in [-0.15, -0.1) is 0 Å². The lowest BCUT2D eigenvalue weighted by Crippen LogP contribution is -2.22. The highest BCUT2D eigenvalue weighted by molar-refractivity contribution is 7.89. The van der Waals surface area contributed by atoms with Crippen LogP contribution in [0.3, 0.4) is 0 Å². The Morgan fingerprint density at radius 1 is 1.33 bits per heavy atom. The average molecular weight is 270 g/mol. The Kier molecular flexibility index (Phi) is 4.34. The van der Waals surface area contributed by atoms with Crippen molar-refractivity contribution < 1.29 is 13.2 Å². The van der Waals surface area contributed by atoms with Crippen LogP contribution < -0.4 is 10.5 Å². The first-order chi connectivity index (χ1) is 8.55. The quantitative estimate of drug-likeness (QED) is 0.814. The number of nitrogens with two attached hydrogens (primary N) is 1. The van der Waals surface area contributed by atoms with Crippen LogP contribution in [0.4, 0.5) is 0 Å². The van der Waals surface area contributed by atoms with Crippen molar-refractivity contribution >= 4 is 10.0 Å². The van der Waals surface area contributed by atoms with E-state index in [1.807, 2.05) is 0 Å². The van der Waals surface area contributed by atoms with Gasteiger partial charge in [0.1, 0.15) is 0 Å². The molecule has 100 valence electrons. The zero-order chi connectivity index (χ0) is 13.0. The van der Waals surface area contributed by atoms with E-state index < -0.39 is 10.0 Å². The van der Waals surface area contributed by atoms with Crippen LogP contribution in [0.1, 0.15) is 12.0 Å². The normalized spacial score (nSPS) is 20.2. The van der Waals surface area contributed by atoms with Crippen LogP contribution in [0.15, 0.2) is 29.2 Å². The van der Waals surface area contributed by atoms with Crippen molar-refractivity contribution in [2.45, 2.75) is 17.9 Å². The van der Waals surface area contributed by atoms with Crippen molar-refractivity contribution in [1.29, 1.82) is 0 Å². The molecular formula is C12H18N2O3S. The molecule has 1 atom stereocenters. The van der Waals surface area contributed by atoms with Gasteiger partial charge in [-0.3, -0.25) is 0 Å². The Morgan fingerprint density at radius 3 is 2.61 bits per heavy atom. The molecule has 1 aliphatic rings. The summed E-state index contributed by atoms with van der Waals surface area (Å²) < 4.78 is 27.5. The summed E-state index contributed by atoms with van der Waals surface area (Å²) in [4.78, 5) is 0.149. The summed E-state index contributed by atoms with van der Waals surface area (Å²) >= 11 is 0. The summed E-state index contributed by atoms with van der Waals surface area (Å²) in [5.41, 5.74) is 1.04. The van der Waals surface area contributed by atoms with Gasteiger partial charge in [0.15, 0.2) is 0 Å². The van der Waals surface area contributed by atoms with E-state index in [1.165, 1.54) is 12.1 Å². The van der Waals surface area contributed by atoms with E-state index in [4.69, 9.17) is 9.88 Å². The maximum atomic E-state index is 11.1. The summed E-state index contributed by atoms with van der Waals surface area (Å²) in [5, 5.41) is 8.37. The number of hydrogen-bond acceptors (Lipinski definition) is 4. The topological polar surface area (TPSA) is 81.4 Å². The van der Waals surface area contributed by atoms with Gasteiger partial charge in [-0.2, -0.15) is 0 Å². The van der Waals surface area contributed by atoms with Crippen molar-refractivity contribution in [3.05, 3.63) is 29.8 Å². The van der Waals surface area contributed by atoms with Crippen LogP contribution in [-0.2, 0) is 21.3 Å². The molecule has 0 saturated carbocycles. The van der Waals surface area contributed by atoms with Gasteiger partial charge in [-0.05, 0) is 30.0 Å². The molecule has 0 radical (unpaired) electrons. The van der Waals surface area contributed by atoms with Crippen molar-refractivity contribution in [3.8, 4) is 0 Å². The first-order valence-corrected chi connectivity index (χ1v) is 7.50. The van der Waals surface area contributed by atoms with Crippen molar-refractivity contribution in [2.75, 3.05) is 19.8 Å². The number of ether oxygens (including phenoxy) is 1. The highest BCUT2D eigenvalue weighted by atomic mass is 32.2. The number of sulfonamides is 1. The highest BCUT2D eigenvalue weighted by Gasteiger charge is 2.14. The van der Waals surface area contributed by atoms with Crippen LogP contribution in [0.5, 0.6) is 0 Å². The van der Waals surface area contributed by atoms with E-state index in [0.717, 1.165) is 38.3 Å². The Bertz CT molecular complexity index is 479. The highest BCUT2D eigenvalue weighted by Crippen LogP contribution is 2.12. The molecule has 1 aromatic carbocycles. The maximum Gasteiger partial charge on any atom is 0.238 e. The minimum Gasteiger partial charge on any atom is -0.381 e. The largest absolute Gasteiger partial charge is 0.381 e. The second kappa shape index (κ2) is 5.79. The molecule has 1 saturated heterocycles. The van der Waals surface area contributed by atoms with Crippen LogP contribution in [0.25, 0.3) is 0 Å². The SMILES string of the molecule is NS(=O)(=O)c1ccc(CNCC2CCOC2)cc1. The minimum atomic E-state index is -3.59. The molecule has 0 amide bonds. The smallest absolute Gasteiger partial charge is 0.238 e. The summed E-state index contributed by atoms with van der Waals surface area (Å²) in [6.07, 6.45) is 1.11. The monoisotopic (exact) mass is 270 g/mol. The molecule has 0 bridgehead atoms. The molecule has 1 aromatic rings. The lowest BCUT2D eigenvalue weighted by atomic mass is 10.1. The van der Waals surface area contributed by atoms with Gasteiger partial charge in [0.25, 0.3) is 0 Å². The standard InChI is InChI=1S/C12H18N2O3S/c13-18(15,16)12-3-1-10(2-4-12)7-14-8-11-5-6-17-9-11/h1-4,11,14H,5-9H2,(H2,13,15,16). The molecule has 1 heterocycles. The Hall–Kier alpha value is -0.950. The van der Waals surface area contributed by atoms with Crippen LogP contribution in [0.2, 0.25) is 0 Å². The molecule has 1 fully saturated rings. The molecule has 1 aliphatic heterocycles. The second-order valence-corrected chi connectivity index (χ2v) is 6.11. The van der Waals surface area contributed by atoms with Gasteiger partial charge in [0, 0.05) is 19.7 Å². The molecule has 18 heavy (non-hydrogen) atoms. The zero-order valence-electron chi connectivity index (χ0n) is 10.1. The van der Waals surface area contributed by atoms with E-state index >= 15 is 0 Å².